The molecule has 0 radical (unpaired) electrons. The van der Waals surface area contributed by atoms with Gasteiger partial charge in [0.25, 0.3) is 5.56 Å². The Kier molecular flexibility index (Phi) is 3.45. The maximum atomic E-state index is 12.0. The van der Waals surface area contributed by atoms with Crippen molar-refractivity contribution in [3.63, 3.8) is 0 Å². The number of aromatic nitrogens is 4. The lowest BCUT2D eigenvalue weighted by Crippen LogP contribution is -2.25. The summed E-state index contributed by atoms with van der Waals surface area (Å²) < 4.78 is 11.1. The quantitative estimate of drug-likeness (QED) is 0.556. The summed E-state index contributed by atoms with van der Waals surface area (Å²) >= 11 is 5.15. The van der Waals surface area contributed by atoms with Crippen LogP contribution in [-0.2, 0) is 9.03 Å². The van der Waals surface area contributed by atoms with Gasteiger partial charge < -0.3 is 15.6 Å². The summed E-state index contributed by atoms with van der Waals surface area (Å²) in [7, 11) is 0. The first kappa shape index (κ1) is 14.1. The van der Waals surface area contributed by atoms with Gasteiger partial charge in [0, 0.05) is 6.42 Å². The normalized spacial score (nSPS) is 25.7. The summed E-state index contributed by atoms with van der Waals surface area (Å²) in [6, 6.07) is 0. The molecule has 1 aliphatic heterocycles. The van der Waals surface area contributed by atoms with Crippen LogP contribution in [0.2, 0.25) is 0 Å². The van der Waals surface area contributed by atoms with Gasteiger partial charge in [-0.1, -0.05) is 0 Å². The van der Waals surface area contributed by atoms with Gasteiger partial charge in [-0.25, -0.2) is 9.36 Å². The fraction of sp³-hybridized carbons (Fsp3) is 0.500. The molecule has 5 N–H and O–H groups in total. The van der Waals surface area contributed by atoms with Crippen molar-refractivity contribution >= 4 is 29.0 Å². The second kappa shape index (κ2) is 5.15. The largest absolute Gasteiger partial charge is 0.390 e. The minimum atomic E-state index is -0.857. The number of H-pyrrole nitrogens is 2. The van der Waals surface area contributed by atoms with Crippen LogP contribution in [0, 0.1) is 0 Å². The Morgan fingerprint density at radius 2 is 2.29 bits per heavy atom. The number of aromatic amines is 2. The molecule has 1 saturated heterocycles. The van der Waals surface area contributed by atoms with Gasteiger partial charge in [0.15, 0.2) is 11.2 Å². The number of hydrogen-bond donors (Lipinski definition) is 4. The van der Waals surface area contributed by atoms with Crippen LogP contribution in [0.1, 0.15) is 12.6 Å². The number of nitrogen functional groups attached to an aromatic ring is 1. The molecule has 0 unspecified atom stereocenters. The van der Waals surface area contributed by atoms with Crippen LogP contribution in [0.3, 0.4) is 0 Å². The van der Waals surface area contributed by atoms with E-state index < -0.39 is 29.7 Å². The number of hydrogen-bond acceptors (Lipinski definition) is 7. The molecule has 0 saturated carbocycles. The molecule has 0 bridgehead atoms. The number of nitrogens with two attached hydrogens (primary N) is 1. The summed E-state index contributed by atoms with van der Waals surface area (Å²) in [6.45, 7) is -0.0352. The first-order valence-corrected chi connectivity index (χ1v) is 6.39. The van der Waals surface area contributed by atoms with Crippen LogP contribution in [0.25, 0.3) is 11.2 Å². The van der Waals surface area contributed by atoms with Crippen molar-refractivity contribution in [1.82, 2.24) is 19.5 Å². The standard InChI is InChI=1S/C10H12ClN5O5/c11-20-2-4-3(17)1-5(21-4)16-7-6(13-10(16)19)8(18)15-9(12)14-7/h3-5,17H,1-2H2,(H,13,19)(H3,12,14,15,18)/t3-,4+,5+/m0/s1. The molecule has 2 aromatic rings. The van der Waals surface area contributed by atoms with Crippen LogP contribution in [0.5, 0.6) is 0 Å². The first-order valence-electron chi connectivity index (χ1n) is 6.08. The third-order valence-corrected chi connectivity index (χ3v) is 3.44. The molecule has 114 valence electrons. The Labute approximate surface area is 121 Å². The average molecular weight is 318 g/mol. The third kappa shape index (κ3) is 2.31. The maximum Gasteiger partial charge on any atom is 0.329 e. The van der Waals surface area contributed by atoms with Gasteiger partial charge in [0.2, 0.25) is 5.95 Å². The lowest BCUT2D eigenvalue weighted by molar-refractivity contribution is -0.0378. The fourth-order valence-corrected chi connectivity index (χ4v) is 2.51. The molecule has 11 heteroatoms. The highest BCUT2D eigenvalue weighted by Gasteiger charge is 2.37. The van der Waals surface area contributed by atoms with E-state index in [1.54, 1.807) is 0 Å². The van der Waals surface area contributed by atoms with Crippen molar-refractivity contribution < 1.29 is 14.1 Å². The fourth-order valence-electron chi connectivity index (χ4n) is 2.38. The van der Waals surface area contributed by atoms with E-state index in [1.165, 1.54) is 0 Å². The Morgan fingerprint density at radius 3 is 3.00 bits per heavy atom. The molecule has 21 heavy (non-hydrogen) atoms. The van der Waals surface area contributed by atoms with Crippen molar-refractivity contribution in [2.75, 3.05) is 12.3 Å². The summed E-state index contributed by atoms with van der Waals surface area (Å²) in [5.74, 6) is -0.126. The Morgan fingerprint density at radius 1 is 1.52 bits per heavy atom. The Hall–Kier alpha value is -1.88. The van der Waals surface area contributed by atoms with E-state index in [4.69, 9.17) is 22.3 Å². The van der Waals surface area contributed by atoms with Gasteiger partial charge in [-0.05, 0) is 0 Å². The molecule has 2 aromatic heterocycles. The molecular weight excluding hydrogens is 306 g/mol. The molecule has 10 nitrogen and oxygen atoms in total. The predicted octanol–water partition coefficient (Wildman–Crippen LogP) is -1.19. The van der Waals surface area contributed by atoms with Gasteiger partial charge in [-0.3, -0.25) is 19.1 Å². The van der Waals surface area contributed by atoms with E-state index in [0.29, 0.717) is 0 Å². The second-order valence-corrected chi connectivity index (χ2v) is 4.88. The van der Waals surface area contributed by atoms with Gasteiger partial charge in [0.05, 0.1) is 24.6 Å². The van der Waals surface area contributed by atoms with E-state index in [-0.39, 0.29) is 30.1 Å². The number of nitrogens with zero attached hydrogens (tertiary/aromatic N) is 2. The molecule has 3 rings (SSSR count). The van der Waals surface area contributed by atoms with E-state index in [9.17, 15) is 14.7 Å². The number of nitrogens with one attached hydrogen (secondary N) is 2. The monoisotopic (exact) mass is 317 g/mol. The zero-order valence-electron chi connectivity index (χ0n) is 10.6. The van der Waals surface area contributed by atoms with Gasteiger partial charge in [-0.15, -0.1) is 0 Å². The minimum absolute atomic E-state index is 0.00988. The van der Waals surface area contributed by atoms with Crippen LogP contribution >= 0.6 is 11.9 Å². The Balaban J connectivity index is 2.07. The number of aliphatic hydroxyl groups is 1. The molecule has 0 aliphatic carbocycles. The molecule has 0 amide bonds. The van der Waals surface area contributed by atoms with E-state index in [1.807, 2.05) is 0 Å². The van der Waals surface area contributed by atoms with Crippen LogP contribution in [0.15, 0.2) is 9.59 Å². The number of imidazole rings is 1. The van der Waals surface area contributed by atoms with Gasteiger partial charge >= 0.3 is 5.69 Å². The lowest BCUT2D eigenvalue weighted by atomic mass is 10.2. The van der Waals surface area contributed by atoms with E-state index in [2.05, 4.69) is 19.2 Å². The summed E-state index contributed by atoms with van der Waals surface area (Å²) in [5.41, 5.74) is 4.38. The van der Waals surface area contributed by atoms with Crippen LogP contribution < -0.4 is 17.0 Å². The van der Waals surface area contributed by atoms with Gasteiger partial charge in [-0.2, -0.15) is 4.98 Å². The highest BCUT2D eigenvalue weighted by atomic mass is 35.5. The van der Waals surface area contributed by atoms with Crippen molar-refractivity contribution in [3.05, 3.63) is 20.8 Å². The third-order valence-electron chi connectivity index (χ3n) is 3.32. The number of halogens is 1. The van der Waals surface area contributed by atoms with Crippen molar-refractivity contribution in [1.29, 1.82) is 0 Å². The minimum Gasteiger partial charge on any atom is -0.390 e. The lowest BCUT2D eigenvalue weighted by Gasteiger charge is -2.13. The molecular formula is C10H12ClN5O5. The molecule has 0 spiro atoms. The van der Waals surface area contributed by atoms with Crippen molar-refractivity contribution in [2.45, 2.75) is 24.9 Å². The topological polar surface area (TPSA) is 148 Å². The summed E-state index contributed by atoms with van der Waals surface area (Å²) in [6.07, 6.45) is -2.20. The zero-order valence-corrected chi connectivity index (χ0v) is 11.3. The molecule has 3 atom stereocenters. The number of anilines is 1. The van der Waals surface area contributed by atoms with E-state index >= 15 is 0 Å². The highest BCUT2D eigenvalue weighted by molar-refractivity contribution is 6.07. The van der Waals surface area contributed by atoms with E-state index in [0.717, 1.165) is 4.57 Å². The molecule has 0 aromatic carbocycles. The van der Waals surface area contributed by atoms with Crippen molar-refractivity contribution in [3.8, 4) is 0 Å². The van der Waals surface area contributed by atoms with Crippen LogP contribution in [-0.4, -0.2) is 43.4 Å². The molecule has 3 heterocycles. The molecule has 1 aliphatic rings. The van der Waals surface area contributed by atoms with Gasteiger partial charge in [0.1, 0.15) is 12.3 Å². The average Bonchev–Trinajstić information content (AvgIpc) is 2.91. The van der Waals surface area contributed by atoms with Crippen molar-refractivity contribution in [2.24, 2.45) is 0 Å². The molecule has 1 fully saturated rings. The number of ether oxygens (including phenoxy) is 1. The maximum absolute atomic E-state index is 12.0. The number of aliphatic hydroxyl groups excluding tert-OH is 1. The number of fused-ring (bicyclic) bond motifs is 1. The SMILES string of the molecule is Nc1nc2c([nH]c(=O)n2[C@H]2C[C@H](O)[C@@H](COCl)O2)c(=O)[nH]1. The summed E-state index contributed by atoms with van der Waals surface area (Å²) in [5, 5.41) is 9.86. The zero-order chi connectivity index (χ0) is 15.1. The van der Waals surface area contributed by atoms with Crippen LogP contribution in [0.4, 0.5) is 5.95 Å². The second-order valence-electron chi connectivity index (χ2n) is 4.66. The predicted molar refractivity (Wildman–Crippen MR) is 71.7 cm³/mol. The highest BCUT2D eigenvalue weighted by Crippen LogP contribution is 2.29. The first-order chi connectivity index (χ1) is 10.0. The Bertz CT molecular complexity index is 782. The summed E-state index contributed by atoms with van der Waals surface area (Å²) in [4.78, 5) is 32.3. The smallest absolute Gasteiger partial charge is 0.329 e. The number of rotatable bonds is 3.